The number of anilines is 1. The number of non-ortho nitro benzene ring substituents is 1. The van der Waals surface area contributed by atoms with Crippen molar-refractivity contribution in [3.05, 3.63) is 33.3 Å². The molecule has 0 radical (unpaired) electrons. The Balaban J connectivity index is 2.67. The van der Waals surface area contributed by atoms with E-state index in [4.69, 9.17) is 16.7 Å². The lowest BCUT2D eigenvalue weighted by Crippen LogP contribution is -2.40. The van der Waals surface area contributed by atoms with Crippen LogP contribution in [0.15, 0.2) is 18.2 Å². The molecule has 8 nitrogen and oxygen atoms in total. The van der Waals surface area contributed by atoms with Gasteiger partial charge < -0.3 is 15.7 Å². The van der Waals surface area contributed by atoms with E-state index < -0.39 is 22.8 Å². The number of benzene rings is 1. The largest absolute Gasteiger partial charge is 0.480 e. The van der Waals surface area contributed by atoms with E-state index in [1.165, 1.54) is 12.1 Å². The standard InChI is InChI=1S/C15H20ClN3O5/c1-2-3-4-7-17-13(15(21)22)9-14(20)18-12-8-10(19(23)24)5-6-11(12)16/h5-6,8,13,17H,2-4,7,9H2,1H3,(H,18,20)(H,21,22). The van der Waals surface area contributed by atoms with Crippen molar-refractivity contribution in [1.29, 1.82) is 0 Å². The molecule has 1 aromatic carbocycles. The molecule has 3 N–H and O–H groups in total. The Morgan fingerprint density at radius 3 is 2.67 bits per heavy atom. The highest BCUT2D eigenvalue weighted by atomic mass is 35.5. The smallest absolute Gasteiger partial charge is 0.321 e. The summed E-state index contributed by atoms with van der Waals surface area (Å²) in [5, 5.41) is 25.3. The third kappa shape index (κ3) is 6.51. The van der Waals surface area contributed by atoms with Crippen LogP contribution in [0.1, 0.15) is 32.6 Å². The number of carbonyl (C=O) groups excluding carboxylic acids is 1. The maximum atomic E-state index is 12.0. The number of nitro groups is 1. The Kier molecular flexibility index (Phi) is 8.14. The fourth-order valence-corrected chi connectivity index (χ4v) is 2.17. The Hall–Kier alpha value is -2.19. The first kappa shape index (κ1) is 19.9. The van der Waals surface area contributed by atoms with Crippen LogP contribution in [-0.2, 0) is 9.59 Å². The number of nitrogens with zero attached hydrogens (tertiary/aromatic N) is 1. The average molecular weight is 358 g/mol. The number of nitrogens with one attached hydrogen (secondary N) is 2. The molecule has 24 heavy (non-hydrogen) atoms. The minimum Gasteiger partial charge on any atom is -0.480 e. The number of aliphatic carboxylic acids is 1. The predicted octanol–water partition coefficient (Wildman–Crippen LogP) is 2.81. The Bertz CT molecular complexity index is 609. The van der Waals surface area contributed by atoms with Gasteiger partial charge in [-0.2, -0.15) is 0 Å². The number of unbranched alkanes of at least 4 members (excludes halogenated alkanes) is 2. The van der Waals surface area contributed by atoms with E-state index in [0.717, 1.165) is 25.3 Å². The van der Waals surface area contributed by atoms with Crippen molar-refractivity contribution in [2.75, 3.05) is 11.9 Å². The first-order chi connectivity index (χ1) is 11.3. The molecule has 0 aromatic heterocycles. The maximum Gasteiger partial charge on any atom is 0.321 e. The van der Waals surface area contributed by atoms with Crippen LogP contribution >= 0.6 is 11.6 Å². The fourth-order valence-electron chi connectivity index (χ4n) is 2.01. The number of rotatable bonds is 10. The molecule has 0 saturated carbocycles. The van der Waals surface area contributed by atoms with E-state index in [-0.39, 0.29) is 22.8 Å². The molecule has 0 spiro atoms. The lowest BCUT2D eigenvalue weighted by molar-refractivity contribution is -0.384. The minimum atomic E-state index is -1.13. The zero-order chi connectivity index (χ0) is 18.1. The van der Waals surface area contributed by atoms with Gasteiger partial charge in [-0.05, 0) is 19.0 Å². The first-order valence-electron chi connectivity index (χ1n) is 7.55. The molecule has 0 aliphatic carbocycles. The zero-order valence-electron chi connectivity index (χ0n) is 13.3. The molecule has 0 saturated heterocycles. The van der Waals surface area contributed by atoms with Gasteiger partial charge in [-0.25, -0.2) is 0 Å². The van der Waals surface area contributed by atoms with Crippen LogP contribution in [0.2, 0.25) is 5.02 Å². The van der Waals surface area contributed by atoms with Crippen molar-refractivity contribution >= 4 is 34.9 Å². The second-order valence-electron chi connectivity index (χ2n) is 5.23. The second-order valence-corrected chi connectivity index (χ2v) is 5.63. The summed E-state index contributed by atoms with van der Waals surface area (Å²) in [5.41, 5.74) is -0.145. The third-order valence-electron chi connectivity index (χ3n) is 3.29. The number of carboxylic acids is 1. The van der Waals surface area contributed by atoms with Gasteiger partial charge in [0.05, 0.1) is 22.1 Å². The number of nitro benzene ring substituents is 1. The molecule has 1 atom stereocenters. The van der Waals surface area contributed by atoms with Crippen molar-refractivity contribution in [1.82, 2.24) is 5.32 Å². The summed E-state index contributed by atoms with van der Waals surface area (Å²) >= 11 is 5.89. The molecular formula is C15H20ClN3O5. The summed E-state index contributed by atoms with van der Waals surface area (Å²) in [4.78, 5) is 33.4. The van der Waals surface area contributed by atoms with Crippen LogP contribution in [0, 0.1) is 10.1 Å². The summed E-state index contributed by atoms with van der Waals surface area (Å²) in [7, 11) is 0. The van der Waals surface area contributed by atoms with Crippen LogP contribution in [0.25, 0.3) is 0 Å². The van der Waals surface area contributed by atoms with Gasteiger partial charge in [0.15, 0.2) is 0 Å². The summed E-state index contributed by atoms with van der Waals surface area (Å²) in [6, 6.07) is 2.62. The van der Waals surface area contributed by atoms with Crippen molar-refractivity contribution in [2.45, 2.75) is 38.6 Å². The molecule has 1 amide bonds. The normalized spacial score (nSPS) is 11.8. The number of amides is 1. The number of hydrogen-bond donors (Lipinski definition) is 3. The third-order valence-corrected chi connectivity index (χ3v) is 3.62. The van der Waals surface area contributed by atoms with Gasteiger partial charge >= 0.3 is 5.97 Å². The van der Waals surface area contributed by atoms with E-state index in [0.29, 0.717) is 6.54 Å². The maximum absolute atomic E-state index is 12.0. The highest BCUT2D eigenvalue weighted by Gasteiger charge is 2.21. The van der Waals surface area contributed by atoms with Crippen LogP contribution < -0.4 is 10.6 Å². The topological polar surface area (TPSA) is 122 Å². The van der Waals surface area contributed by atoms with Gasteiger partial charge in [-0.3, -0.25) is 19.7 Å². The van der Waals surface area contributed by atoms with Gasteiger partial charge in [0.1, 0.15) is 6.04 Å². The van der Waals surface area contributed by atoms with Gasteiger partial charge in [-0.15, -0.1) is 0 Å². The molecule has 1 rings (SSSR count). The molecule has 0 aliphatic rings. The van der Waals surface area contributed by atoms with Crippen molar-refractivity contribution < 1.29 is 19.6 Å². The average Bonchev–Trinajstić information content (AvgIpc) is 2.52. The molecule has 1 aromatic rings. The van der Waals surface area contributed by atoms with Gasteiger partial charge in [-0.1, -0.05) is 31.4 Å². The van der Waals surface area contributed by atoms with E-state index in [9.17, 15) is 19.7 Å². The van der Waals surface area contributed by atoms with Crippen molar-refractivity contribution in [3.8, 4) is 0 Å². The van der Waals surface area contributed by atoms with Gasteiger partial charge in [0.2, 0.25) is 5.91 Å². The fraction of sp³-hybridized carbons (Fsp3) is 0.467. The summed E-state index contributed by atoms with van der Waals surface area (Å²) in [5.74, 6) is -1.72. The molecule has 132 valence electrons. The Labute approximate surface area is 144 Å². The van der Waals surface area contributed by atoms with Crippen molar-refractivity contribution in [2.24, 2.45) is 0 Å². The molecule has 9 heteroatoms. The van der Waals surface area contributed by atoms with Crippen LogP contribution in [-0.4, -0.2) is 34.5 Å². The summed E-state index contributed by atoms with van der Waals surface area (Å²) in [6.45, 7) is 2.53. The zero-order valence-corrected chi connectivity index (χ0v) is 14.0. The van der Waals surface area contributed by atoms with Crippen LogP contribution in [0.5, 0.6) is 0 Å². The lowest BCUT2D eigenvalue weighted by atomic mass is 10.1. The van der Waals surface area contributed by atoms with E-state index in [1.807, 2.05) is 6.92 Å². The predicted molar refractivity (Wildman–Crippen MR) is 90.3 cm³/mol. The highest BCUT2D eigenvalue weighted by molar-refractivity contribution is 6.33. The SMILES string of the molecule is CCCCCNC(CC(=O)Nc1cc([N+](=O)[O-])ccc1Cl)C(=O)O. The number of carbonyl (C=O) groups is 2. The van der Waals surface area contributed by atoms with Crippen LogP contribution in [0.4, 0.5) is 11.4 Å². The molecule has 0 heterocycles. The highest BCUT2D eigenvalue weighted by Crippen LogP contribution is 2.26. The summed E-state index contributed by atoms with van der Waals surface area (Å²) in [6.07, 6.45) is 2.49. The van der Waals surface area contributed by atoms with E-state index in [1.54, 1.807) is 0 Å². The molecule has 0 aliphatic heterocycles. The molecule has 0 fully saturated rings. The Morgan fingerprint density at radius 1 is 1.38 bits per heavy atom. The van der Waals surface area contributed by atoms with Gasteiger partial charge in [0.25, 0.3) is 5.69 Å². The minimum absolute atomic E-state index is 0.0750. The molecular weight excluding hydrogens is 338 g/mol. The van der Waals surface area contributed by atoms with Crippen molar-refractivity contribution in [3.63, 3.8) is 0 Å². The first-order valence-corrected chi connectivity index (χ1v) is 7.93. The Morgan fingerprint density at radius 2 is 2.08 bits per heavy atom. The molecule has 0 bridgehead atoms. The quantitative estimate of drug-likeness (QED) is 0.336. The monoisotopic (exact) mass is 357 g/mol. The second kappa shape index (κ2) is 9.84. The summed E-state index contributed by atoms with van der Waals surface area (Å²) < 4.78 is 0. The van der Waals surface area contributed by atoms with Gasteiger partial charge in [0, 0.05) is 12.1 Å². The van der Waals surface area contributed by atoms with Crippen LogP contribution in [0.3, 0.4) is 0 Å². The lowest BCUT2D eigenvalue weighted by Gasteiger charge is -2.14. The number of halogens is 1. The van der Waals surface area contributed by atoms with E-state index >= 15 is 0 Å². The number of carboxylic acid groups (broad SMARTS) is 1. The molecule has 1 unspecified atom stereocenters. The van der Waals surface area contributed by atoms with E-state index in [2.05, 4.69) is 10.6 Å². The number of hydrogen-bond acceptors (Lipinski definition) is 5.